The number of anilines is 2. The Labute approximate surface area is 127 Å². The van der Waals surface area contributed by atoms with Crippen LogP contribution in [0.15, 0.2) is 48.5 Å². The van der Waals surface area contributed by atoms with Gasteiger partial charge < -0.3 is 16.0 Å². The smallest absolute Gasteiger partial charge is 0.319 e. The first-order valence-corrected chi connectivity index (χ1v) is 6.70. The average Bonchev–Trinajstić information content (AvgIpc) is 2.45. The van der Waals surface area contributed by atoms with Crippen molar-refractivity contribution >= 4 is 23.3 Å². The molecule has 0 unspecified atom stereocenters. The lowest BCUT2D eigenvalue weighted by Gasteiger charge is -2.09. The SMILES string of the molecule is CC(=O)Nc1cccc(NC(=O)NCc2cccc(F)c2)c1. The highest BCUT2D eigenvalue weighted by Gasteiger charge is 2.03. The fourth-order valence-electron chi connectivity index (χ4n) is 1.88. The van der Waals surface area contributed by atoms with Gasteiger partial charge in [0.25, 0.3) is 0 Å². The summed E-state index contributed by atoms with van der Waals surface area (Å²) in [6.45, 7) is 1.63. The average molecular weight is 301 g/mol. The highest BCUT2D eigenvalue weighted by Crippen LogP contribution is 2.14. The maximum absolute atomic E-state index is 13.0. The second-order valence-corrected chi connectivity index (χ2v) is 4.70. The van der Waals surface area contributed by atoms with Gasteiger partial charge >= 0.3 is 6.03 Å². The molecular formula is C16H16FN3O2. The monoisotopic (exact) mass is 301 g/mol. The Kier molecular flexibility index (Phi) is 5.08. The number of nitrogens with one attached hydrogen (secondary N) is 3. The van der Waals surface area contributed by atoms with Gasteiger partial charge in [0.1, 0.15) is 5.82 Å². The van der Waals surface area contributed by atoms with Crippen molar-refractivity contribution in [3.05, 3.63) is 59.9 Å². The molecule has 2 aromatic carbocycles. The van der Waals surface area contributed by atoms with E-state index in [1.165, 1.54) is 19.1 Å². The van der Waals surface area contributed by atoms with E-state index < -0.39 is 6.03 Å². The fourth-order valence-corrected chi connectivity index (χ4v) is 1.88. The molecule has 0 aliphatic carbocycles. The lowest BCUT2D eigenvalue weighted by Crippen LogP contribution is -2.28. The number of urea groups is 1. The van der Waals surface area contributed by atoms with Crippen LogP contribution in [0.5, 0.6) is 0 Å². The molecule has 0 spiro atoms. The summed E-state index contributed by atoms with van der Waals surface area (Å²) in [4.78, 5) is 22.8. The first kappa shape index (κ1) is 15.5. The van der Waals surface area contributed by atoms with Crippen molar-refractivity contribution in [3.63, 3.8) is 0 Å². The summed E-state index contributed by atoms with van der Waals surface area (Å²) in [5, 5.41) is 7.91. The van der Waals surface area contributed by atoms with E-state index in [-0.39, 0.29) is 18.3 Å². The van der Waals surface area contributed by atoms with Crippen LogP contribution in [0.1, 0.15) is 12.5 Å². The van der Waals surface area contributed by atoms with Crippen LogP contribution in [0.2, 0.25) is 0 Å². The molecule has 5 nitrogen and oxygen atoms in total. The molecule has 0 saturated carbocycles. The Bertz CT molecular complexity index is 689. The largest absolute Gasteiger partial charge is 0.334 e. The zero-order chi connectivity index (χ0) is 15.9. The molecule has 0 heterocycles. The molecule has 0 bridgehead atoms. The number of rotatable bonds is 4. The van der Waals surface area contributed by atoms with Crippen LogP contribution >= 0.6 is 0 Å². The van der Waals surface area contributed by atoms with Crippen LogP contribution in [0.25, 0.3) is 0 Å². The quantitative estimate of drug-likeness (QED) is 0.812. The van der Waals surface area contributed by atoms with E-state index >= 15 is 0 Å². The molecule has 0 saturated heterocycles. The summed E-state index contributed by atoms with van der Waals surface area (Å²) in [5.74, 6) is -0.532. The van der Waals surface area contributed by atoms with Crippen LogP contribution < -0.4 is 16.0 Å². The molecule has 2 rings (SSSR count). The standard InChI is InChI=1S/C16H16FN3O2/c1-11(21)19-14-6-3-7-15(9-14)20-16(22)18-10-12-4-2-5-13(17)8-12/h2-9H,10H2,1H3,(H,19,21)(H2,18,20,22). The van der Waals surface area contributed by atoms with E-state index in [0.717, 1.165) is 0 Å². The zero-order valence-corrected chi connectivity index (χ0v) is 12.0. The highest BCUT2D eigenvalue weighted by atomic mass is 19.1. The van der Waals surface area contributed by atoms with Crippen LogP contribution in [0.4, 0.5) is 20.6 Å². The second-order valence-electron chi connectivity index (χ2n) is 4.70. The van der Waals surface area contributed by atoms with Crippen molar-refractivity contribution in [3.8, 4) is 0 Å². The van der Waals surface area contributed by atoms with Crippen LogP contribution in [0.3, 0.4) is 0 Å². The summed E-state index contributed by atoms with van der Waals surface area (Å²) >= 11 is 0. The Hall–Kier alpha value is -2.89. The van der Waals surface area contributed by atoms with Crippen molar-refractivity contribution < 1.29 is 14.0 Å². The molecule has 0 radical (unpaired) electrons. The first-order chi connectivity index (χ1) is 10.5. The summed E-state index contributed by atoms with van der Waals surface area (Å²) in [6.07, 6.45) is 0. The van der Waals surface area contributed by atoms with Gasteiger partial charge in [-0.3, -0.25) is 4.79 Å². The van der Waals surface area contributed by atoms with Gasteiger partial charge in [0.15, 0.2) is 0 Å². The number of carbonyl (C=O) groups excluding carboxylic acids is 2. The van der Waals surface area contributed by atoms with E-state index in [0.29, 0.717) is 16.9 Å². The topological polar surface area (TPSA) is 70.2 Å². The number of amides is 3. The minimum atomic E-state index is -0.413. The van der Waals surface area contributed by atoms with Crippen molar-refractivity contribution in [2.75, 3.05) is 10.6 Å². The van der Waals surface area contributed by atoms with Crippen LogP contribution in [-0.2, 0) is 11.3 Å². The molecule has 3 amide bonds. The van der Waals surface area contributed by atoms with Crippen molar-refractivity contribution in [1.82, 2.24) is 5.32 Å². The molecule has 2 aromatic rings. The Morgan fingerprint density at radius 3 is 2.36 bits per heavy atom. The summed E-state index contributed by atoms with van der Waals surface area (Å²) in [6, 6.07) is 12.4. The molecule has 3 N–H and O–H groups in total. The third-order valence-corrected chi connectivity index (χ3v) is 2.78. The van der Waals surface area contributed by atoms with Crippen molar-refractivity contribution in [2.24, 2.45) is 0 Å². The maximum Gasteiger partial charge on any atom is 0.319 e. The molecule has 0 atom stereocenters. The molecule has 0 aromatic heterocycles. The molecular weight excluding hydrogens is 285 g/mol. The van der Waals surface area contributed by atoms with Crippen LogP contribution in [0, 0.1) is 5.82 Å². The van der Waals surface area contributed by atoms with Gasteiger partial charge in [-0.25, -0.2) is 9.18 Å². The third-order valence-electron chi connectivity index (χ3n) is 2.78. The highest BCUT2D eigenvalue weighted by molar-refractivity contribution is 5.92. The molecule has 0 fully saturated rings. The summed E-state index contributed by atoms with van der Waals surface area (Å²) in [7, 11) is 0. The van der Waals surface area contributed by atoms with Crippen molar-refractivity contribution in [1.29, 1.82) is 0 Å². The van der Waals surface area contributed by atoms with Crippen LogP contribution in [-0.4, -0.2) is 11.9 Å². The first-order valence-electron chi connectivity index (χ1n) is 6.70. The number of carbonyl (C=O) groups is 2. The van der Waals surface area contributed by atoms with E-state index in [2.05, 4.69) is 16.0 Å². The van der Waals surface area contributed by atoms with Gasteiger partial charge in [-0.1, -0.05) is 18.2 Å². The summed E-state index contributed by atoms with van der Waals surface area (Å²) in [5.41, 5.74) is 1.81. The van der Waals surface area contributed by atoms with E-state index in [1.54, 1.807) is 36.4 Å². The predicted molar refractivity (Wildman–Crippen MR) is 83.0 cm³/mol. The molecule has 0 aliphatic rings. The molecule has 0 aliphatic heterocycles. The number of benzene rings is 2. The number of hydrogen-bond acceptors (Lipinski definition) is 2. The zero-order valence-electron chi connectivity index (χ0n) is 12.0. The van der Waals surface area contributed by atoms with Gasteiger partial charge in [-0.15, -0.1) is 0 Å². The number of hydrogen-bond donors (Lipinski definition) is 3. The normalized spacial score (nSPS) is 9.91. The lowest BCUT2D eigenvalue weighted by molar-refractivity contribution is -0.114. The van der Waals surface area contributed by atoms with Gasteiger partial charge in [0.2, 0.25) is 5.91 Å². The lowest BCUT2D eigenvalue weighted by atomic mass is 10.2. The second kappa shape index (κ2) is 7.21. The van der Waals surface area contributed by atoms with Gasteiger partial charge in [0.05, 0.1) is 0 Å². The van der Waals surface area contributed by atoms with Crippen molar-refractivity contribution in [2.45, 2.75) is 13.5 Å². The Morgan fingerprint density at radius 1 is 1.00 bits per heavy atom. The molecule has 114 valence electrons. The van der Waals surface area contributed by atoms with E-state index in [1.807, 2.05) is 0 Å². The predicted octanol–water partition coefficient (Wildman–Crippen LogP) is 3.11. The Balaban J connectivity index is 1.90. The third kappa shape index (κ3) is 4.90. The molecule has 22 heavy (non-hydrogen) atoms. The molecule has 6 heteroatoms. The van der Waals surface area contributed by atoms with Gasteiger partial charge in [0, 0.05) is 24.8 Å². The van der Waals surface area contributed by atoms with E-state index in [9.17, 15) is 14.0 Å². The Morgan fingerprint density at radius 2 is 1.68 bits per heavy atom. The minimum Gasteiger partial charge on any atom is -0.334 e. The van der Waals surface area contributed by atoms with E-state index in [4.69, 9.17) is 0 Å². The minimum absolute atomic E-state index is 0.187. The van der Waals surface area contributed by atoms with Gasteiger partial charge in [-0.05, 0) is 35.9 Å². The number of halogens is 1. The summed E-state index contributed by atoms with van der Waals surface area (Å²) < 4.78 is 13.0. The maximum atomic E-state index is 13.0. The fraction of sp³-hybridized carbons (Fsp3) is 0.125. The van der Waals surface area contributed by atoms with Gasteiger partial charge in [-0.2, -0.15) is 0 Å².